The molecule has 1 aromatic heterocycles. The van der Waals surface area contributed by atoms with Crippen molar-refractivity contribution in [2.75, 3.05) is 18.8 Å². The van der Waals surface area contributed by atoms with E-state index in [2.05, 4.69) is 39.1 Å². The maximum absolute atomic E-state index is 13.8. The largest absolute Gasteiger partial charge is 0.368 e. The van der Waals surface area contributed by atoms with Crippen molar-refractivity contribution in [3.05, 3.63) is 77.9 Å². The van der Waals surface area contributed by atoms with Crippen molar-refractivity contribution in [1.29, 1.82) is 0 Å². The molecule has 0 aliphatic carbocycles. The van der Waals surface area contributed by atoms with E-state index in [9.17, 15) is 4.39 Å². The Morgan fingerprint density at radius 2 is 1.96 bits per heavy atom. The zero-order valence-corrected chi connectivity index (χ0v) is 15.2. The second kappa shape index (κ2) is 7.84. The van der Waals surface area contributed by atoms with Gasteiger partial charge in [-0.2, -0.15) is 0 Å². The summed E-state index contributed by atoms with van der Waals surface area (Å²) in [5.74, 6) is 0.00249. The van der Waals surface area contributed by atoms with Gasteiger partial charge < -0.3 is 5.73 Å². The minimum Gasteiger partial charge on any atom is -0.368 e. The first-order chi connectivity index (χ1) is 13.2. The van der Waals surface area contributed by atoms with Gasteiger partial charge >= 0.3 is 0 Å². The lowest BCUT2D eigenvalue weighted by atomic mass is 9.99. The number of aromatic nitrogens is 2. The van der Waals surface area contributed by atoms with Gasteiger partial charge in [-0.15, -0.1) is 0 Å². The maximum Gasteiger partial charge on any atom is 0.220 e. The molecule has 0 radical (unpaired) electrons. The van der Waals surface area contributed by atoms with Gasteiger partial charge in [0.2, 0.25) is 5.95 Å². The molecule has 5 heteroatoms. The van der Waals surface area contributed by atoms with Crippen LogP contribution in [-0.2, 0) is 6.42 Å². The molecule has 0 amide bonds. The standard InChI is InChI=1S/C22H23FN4/c23-18-9-4-8-17(14-18)19-15-25-22(24)26-21(19)20-10-5-12-27(20)13-11-16-6-2-1-3-7-16/h1-4,6-9,14-15,20H,5,10-13H2,(H2,24,25,26). The number of rotatable bonds is 5. The second-order valence-electron chi connectivity index (χ2n) is 6.97. The number of likely N-dealkylation sites (tertiary alicyclic amines) is 1. The normalized spacial score (nSPS) is 17.3. The first kappa shape index (κ1) is 17.6. The van der Waals surface area contributed by atoms with Crippen LogP contribution < -0.4 is 5.73 Å². The third-order valence-corrected chi connectivity index (χ3v) is 5.18. The molecule has 0 spiro atoms. The molecule has 1 saturated heterocycles. The van der Waals surface area contributed by atoms with Crippen LogP contribution in [-0.4, -0.2) is 28.0 Å². The molecule has 4 nitrogen and oxygen atoms in total. The molecule has 1 atom stereocenters. The minimum atomic E-state index is -0.261. The van der Waals surface area contributed by atoms with Gasteiger partial charge in [-0.25, -0.2) is 14.4 Å². The highest BCUT2D eigenvalue weighted by molar-refractivity contribution is 5.66. The van der Waals surface area contributed by atoms with Crippen LogP contribution >= 0.6 is 0 Å². The Kier molecular flexibility index (Phi) is 5.12. The Morgan fingerprint density at radius 3 is 2.78 bits per heavy atom. The van der Waals surface area contributed by atoms with Crippen molar-refractivity contribution in [2.24, 2.45) is 0 Å². The Balaban J connectivity index is 1.62. The van der Waals surface area contributed by atoms with Crippen LogP contribution in [0.5, 0.6) is 0 Å². The number of halogens is 1. The van der Waals surface area contributed by atoms with Gasteiger partial charge in [-0.3, -0.25) is 4.90 Å². The summed E-state index contributed by atoms with van der Waals surface area (Å²) in [5, 5.41) is 0. The predicted molar refractivity (Wildman–Crippen MR) is 106 cm³/mol. The van der Waals surface area contributed by atoms with Crippen LogP contribution in [0.3, 0.4) is 0 Å². The Morgan fingerprint density at radius 1 is 1.11 bits per heavy atom. The molecule has 0 saturated carbocycles. The van der Waals surface area contributed by atoms with Crippen molar-refractivity contribution in [2.45, 2.75) is 25.3 Å². The molecule has 2 N–H and O–H groups in total. The predicted octanol–water partition coefficient (Wildman–Crippen LogP) is 4.24. The lowest BCUT2D eigenvalue weighted by Crippen LogP contribution is -2.27. The van der Waals surface area contributed by atoms with E-state index in [4.69, 9.17) is 5.73 Å². The first-order valence-corrected chi connectivity index (χ1v) is 9.37. The van der Waals surface area contributed by atoms with Crippen LogP contribution in [0.2, 0.25) is 0 Å². The van der Waals surface area contributed by atoms with Crippen LogP contribution in [0.25, 0.3) is 11.1 Å². The zero-order valence-electron chi connectivity index (χ0n) is 15.2. The highest BCUT2D eigenvalue weighted by Crippen LogP contribution is 2.36. The topological polar surface area (TPSA) is 55.0 Å². The summed E-state index contributed by atoms with van der Waals surface area (Å²) >= 11 is 0. The molecule has 3 aromatic rings. The number of nitrogens with two attached hydrogens (primary N) is 1. The van der Waals surface area contributed by atoms with E-state index >= 15 is 0 Å². The van der Waals surface area contributed by atoms with Gasteiger partial charge in [0.05, 0.1) is 11.7 Å². The number of benzene rings is 2. The molecule has 4 rings (SSSR count). The number of anilines is 1. The molecule has 1 aliphatic heterocycles. The van der Waals surface area contributed by atoms with Gasteiger partial charge in [0.25, 0.3) is 0 Å². The van der Waals surface area contributed by atoms with Crippen LogP contribution in [0.4, 0.5) is 10.3 Å². The summed E-state index contributed by atoms with van der Waals surface area (Å²) < 4.78 is 13.8. The maximum atomic E-state index is 13.8. The number of hydrogen-bond donors (Lipinski definition) is 1. The summed E-state index contributed by atoms with van der Waals surface area (Å²) in [4.78, 5) is 11.2. The van der Waals surface area contributed by atoms with E-state index in [0.29, 0.717) is 0 Å². The van der Waals surface area contributed by atoms with Gasteiger partial charge in [0.1, 0.15) is 5.82 Å². The summed E-state index contributed by atoms with van der Waals surface area (Å²) in [6.45, 7) is 1.99. The smallest absolute Gasteiger partial charge is 0.220 e. The number of nitrogen functional groups attached to an aromatic ring is 1. The molecular weight excluding hydrogens is 339 g/mol. The Labute approximate surface area is 158 Å². The summed E-state index contributed by atoms with van der Waals surface area (Å²) in [7, 11) is 0. The third kappa shape index (κ3) is 3.98. The first-order valence-electron chi connectivity index (χ1n) is 9.37. The second-order valence-corrected chi connectivity index (χ2v) is 6.97. The SMILES string of the molecule is Nc1ncc(-c2cccc(F)c2)c(C2CCCN2CCc2ccccc2)n1. The molecule has 1 fully saturated rings. The van der Waals surface area contributed by atoms with E-state index < -0.39 is 0 Å². The summed E-state index contributed by atoms with van der Waals surface area (Å²) in [6.07, 6.45) is 4.85. The molecule has 27 heavy (non-hydrogen) atoms. The molecule has 1 unspecified atom stereocenters. The average molecular weight is 362 g/mol. The Bertz CT molecular complexity index is 913. The average Bonchev–Trinajstić information content (AvgIpc) is 3.15. The van der Waals surface area contributed by atoms with E-state index in [1.807, 2.05) is 12.1 Å². The van der Waals surface area contributed by atoms with Gasteiger partial charge in [-0.1, -0.05) is 42.5 Å². The van der Waals surface area contributed by atoms with E-state index in [0.717, 1.165) is 49.2 Å². The Hall–Kier alpha value is -2.79. The minimum absolute atomic E-state index is 0.178. The zero-order chi connectivity index (χ0) is 18.6. The van der Waals surface area contributed by atoms with Gasteiger partial charge in [0.15, 0.2) is 0 Å². The lowest BCUT2D eigenvalue weighted by molar-refractivity contribution is 0.257. The molecular formula is C22H23FN4. The fraction of sp³-hybridized carbons (Fsp3) is 0.273. The molecule has 0 bridgehead atoms. The third-order valence-electron chi connectivity index (χ3n) is 5.18. The fourth-order valence-electron chi connectivity index (χ4n) is 3.86. The van der Waals surface area contributed by atoms with E-state index in [1.54, 1.807) is 12.3 Å². The van der Waals surface area contributed by atoms with Crippen molar-refractivity contribution >= 4 is 5.95 Å². The fourth-order valence-corrected chi connectivity index (χ4v) is 3.86. The van der Waals surface area contributed by atoms with Crippen molar-refractivity contribution in [3.63, 3.8) is 0 Å². The molecule has 2 aromatic carbocycles. The molecule has 138 valence electrons. The lowest BCUT2D eigenvalue weighted by Gasteiger charge is -2.26. The van der Waals surface area contributed by atoms with E-state index in [-0.39, 0.29) is 17.8 Å². The highest BCUT2D eigenvalue weighted by Gasteiger charge is 2.29. The van der Waals surface area contributed by atoms with Crippen LogP contribution in [0.1, 0.15) is 30.1 Å². The quantitative estimate of drug-likeness (QED) is 0.737. The van der Waals surface area contributed by atoms with Crippen molar-refractivity contribution in [3.8, 4) is 11.1 Å². The summed E-state index contributed by atoms with van der Waals surface area (Å²) in [5.41, 5.74) is 9.78. The van der Waals surface area contributed by atoms with Crippen LogP contribution in [0.15, 0.2) is 60.8 Å². The van der Waals surface area contributed by atoms with Crippen molar-refractivity contribution < 1.29 is 4.39 Å². The molecule has 2 heterocycles. The molecule has 1 aliphatic rings. The van der Waals surface area contributed by atoms with E-state index in [1.165, 1.54) is 17.7 Å². The monoisotopic (exact) mass is 362 g/mol. The van der Waals surface area contributed by atoms with Gasteiger partial charge in [-0.05, 0) is 49.1 Å². The highest BCUT2D eigenvalue weighted by atomic mass is 19.1. The number of hydrogen-bond acceptors (Lipinski definition) is 4. The van der Waals surface area contributed by atoms with Crippen molar-refractivity contribution in [1.82, 2.24) is 14.9 Å². The summed E-state index contributed by atoms with van der Waals surface area (Å²) in [6, 6.07) is 17.3. The van der Waals surface area contributed by atoms with Gasteiger partial charge in [0, 0.05) is 18.3 Å². The van der Waals surface area contributed by atoms with Crippen LogP contribution in [0, 0.1) is 5.82 Å². The number of nitrogens with zero attached hydrogens (tertiary/aromatic N) is 3.